The second-order valence-electron chi connectivity index (χ2n) is 9.01. The van der Waals surface area contributed by atoms with Crippen LogP contribution in [0.3, 0.4) is 0 Å². The molecule has 3 amide bonds. The summed E-state index contributed by atoms with van der Waals surface area (Å²) < 4.78 is 0. The standard InChI is InChI=1S/C25H34N6O5S/c1-37-11-9-19(24(34)31-10-5-8-21(31)25(35)36)29-23(33)20(12-16-6-3-2-4-7-16)30-22(32)18(26)13-17-14-27-15-28-17/h2-4,6-7,14-15,18-21H,5,8-13,26H2,1H3,(H,27,28)(H,29,33)(H,30,32)(H,35,36). The number of benzene rings is 1. The van der Waals surface area contributed by atoms with Gasteiger partial charge in [0.05, 0.1) is 12.4 Å². The van der Waals surface area contributed by atoms with E-state index in [1.807, 2.05) is 36.6 Å². The lowest BCUT2D eigenvalue weighted by molar-refractivity contribution is -0.149. The molecule has 11 nitrogen and oxygen atoms in total. The highest BCUT2D eigenvalue weighted by molar-refractivity contribution is 7.98. The molecule has 0 bridgehead atoms. The molecular formula is C25H34N6O5S. The molecule has 4 unspecified atom stereocenters. The number of aromatic nitrogens is 2. The number of thioether (sulfide) groups is 1. The Bertz CT molecular complexity index is 1050. The molecule has 1 aromatic carbocycles. The van der Waals surface area contributed by atoms with Crippen molar-refractivity contribution in [3.63, 3.8) is 0 Å². The van der Waals surface area contributed by atoms with Gasteiger partial charge in [-0.2, -0.15) is 11.8 Å². The van der Waals surface area contributed by atoms with Crippen molar-refractivity contribution >= 4 is 35.5 Å². The lowest BCUT2D eigenvalue weighted by atomic mass is 10.0. The lowest BCUT2D eigenvalue weighted by Gasteiger charge is -2.29. The second kappa shape index (κ2) is 13.8. The fourth-order valence-electron chi connectivity index (χ4n) is 4.32. The number of nitrogens with one attached hydrogen (secondary N) is 3. The number of hydrogen-bond donors (Lipinski definition) is 5. The molecule has 4 atom stereocenters. The van der Waals surface area contributed by atoms with E-state index in [-0.39, 0.29) is 12.8 Å². The van der Waals surface area contributed by atoms with Crippen molar-refractivity contribution in [2.45, 2.75) is 56.3 Å². The van der Waals surface area contributed by atoms with Crippen LogP contribution >= 0.6 is 11.8 Å². The zero-order valence-electron chi connectivity index (χ0n) is 20.8. The molecule has 200 valence electrons. The minimum atomic E-state index is -1.05. The highest BCUT2D eigenvalue weighted by Gasteiger charge is 2.38. The van der Waals surface area contributed by atoms with Crippen molar-refractivity contribution in [1.82, 2.24) is 25.5 Å². The topological polar surface area (TPSA) is 171 Å². The molecule has 2 heterocycles. The molecule has 12 heteroatoms. The van der Waals surface area contributed by atoms with Crippen molar-refractivity contribution in [2.75, 3.05) is 18.6 Å². The summed E-state index contributed by atoms with van der Waals surface area (Å²) in [5.41, 5.74) is 7.59. The van der Waals surface area contributed by atoms with Gasteiger partial charge in [-0.25, -0.2) is 9.78 Å². The molecule has 1 fully saturated rings. The maximum absolute atomic E-state index is 13.5. The van der Waals surface area contributed by atoms with Gasteiger partial charge in [-0.05, 0) is 36.8 Å². The van der Waals surface area contributed by atoms with Crippen LogP contribution in [-0.2, 0) is 32.0 Å². The van der Waals surface area contributed by atoms with Gasteiger partial charge in [0.1, 0.15) is 18.1 Å². The van der Waals surface area contributed by atoms with Crippen LogP contribution in [0.15, 0.2) is 42.9 Å². The number of nitrogens with two attached hydrogens (primary N) is 1. The Kier molecular flexibility index (Phi) is 10.5. The molecule has 0 spiro atoms. The summed E-state index contributed by atoms with van der Waals surface area (Å²) in [5, 5.41) is 15.0. The third-order valence-electron chi connectivity index (χ3n) is 6.29. The van der Waals surface area contributed by atoms with Gasteiger partial charge in [0.25, 0.3) is 0 Å². The first-order valence-electron chi connectivity index (χ1n) is 12.2. The fraction of sp³-hybridized carbons (Fsp3) is 0.480. The van der Waals surface area contributed by atoms with Crippen LogP contribution < -0.4 is 16.4 Å². The normalized spacial score (nSPS) is 17.6. The molecule has 0 aliphatic carbocycles. The van der Waals surface area contributed by atoms with Crippen molar-refractivity contribution in [3.05, 3.63) is 54.1 Å². The molecule has 37 heavy (non-hydrogen) atoms. The van der Waals surface area contributed by atoms with E-state index in [1.54, 1.807) is 6.20 Å². The summed E-state index contributed by atoms with van der Waals surface area (Å²) in [4.78, 5) is 59.5. The smallest absolute Gasteiger partial charge is 0.326 e. The molecule has 3 rings (SSSR count). The summed E-state index contributed by atoms with van der Waals surface area (Å²) in [6.45, 7) is 0.327. The number of likely N-dealkylation sites (tertiary alicyclic amines) is 1. The Morgan fingerprint density at radius 1 is 1.16 bits per heavy atom. The molecule has 6 N–H and O–H groups in total. The number of amides is 3. The van der Waals surface area contributed by atoms with E-state index in [2.05, 4.69) is 20.6 Å². The lowest BCUT2D eigenvalue weighted by Crippen LogP contribution is -2.58. The summed E-state index contributed by atoms with van der Waals surface area (Å²) in [7, 11) is 0. The number of hydrogen-bond acceptors (Lipinski definition) is 7. The van der Waals surface area contributed by atoms with E-state index >= 15 is 0 Å². The molecule has 0 radical (unpaired) electrons. The number of aromatic amines is 1. The van der Waals surface area contributed by atoms with Crippen molar-refractivity contribution in [3.8, 4) is 0 Å². The molecule has 1 aromatic heterocycles. The largest absolute Gasteiger partial charge is 0.480 e. The van der Waals surface area contributed by atoms with Crippen LogP contribution in [0.5, 0.6) is 0 Å². The highest BCUT2D eigenvalue weighted by atomic mass is 32.2. The summed E-state index contributed by atoms with van der Waals surface area (Å²) in [6.07, 6.45) is 6.67. The zero-order chi connectivity index (χ0) is 26.8. The Labute approximate surface area is 220 Å². The monoisotopic (exact) mass is 530 g/mol. The minimum absolute atomic E-state index is 0.195. The predicted octanol–water partition coefficient (Wildman–Crippen LogP) is 0.321. The molecule has 0 saturated carbocycles. The van der Waals surface area contributed by atoms with Crippen LogP contribution in [0.4, 0.5) is 0 Å². The summed E-state index contributed by atoms with van der Waals surface area (Å²) in [5.74, 6) is -1.93. The average molecular weight is 531 g/mol. The number of carbonyl (C=O) groups is 4. The van der Waals surface area contributed by atoms with Gasteiger partial charge in [0, 0.05) is 31.3 Å². The Morgan fingerprint density at radius 2 is 1.89 bits per heavy atom. The Morgan fingerprint density at radius 3 is 2.54 bits per heavy atom. The van der Waals surface area contributed by atoms with Crippen LogP contribution in [0.1, 0.15) is 30.5 Å². The zero-order valence-corrected chi connectivity index (χ0v) is 21.6. The molecule has 1 aliphatic rings. The third kappa shape index (κ3) is 8.05. The summed E-state index contributed by atoms with van der Waals surface area (Å²) in [6, 6.07) is 5.49. The van der Waals surface area contributed by atoms with Gasteiger partial charge in [-0.3, -0.25) is 14.4 Å². The SMILES string of the molecule is CSCCC(NC(=O)C(Cc1ccccc1)NC(=O)C(N)Cc1cnc[nH]1)C(=O)N1CCCC1C(=O)O. The second-order valence-corrected chi connectivity index (χ2v) is 9.99. The maximum Gasteiger partial charge on any atom is 0.326 e. The number of carbonyl (C=O) groups excluding carboxylic acids is 3. The first-order chi connectivity index (χ1) is 17.8. The van der Waals surface area contributed by atoms with Crippen LogP contribution in [0, 0.1) is 0 Å². The van der Waals surface area contributed by atoms with Crippen LogP contribution in [-0.4, -0.2) is 86.4 Å². The first kappa shape index (κ1) is 28.2. The number of rotatable bonds is 13. The van der Waals surface area contributed by atoms with Gasteiger partial charge in [0.15, 0.2) is 0 Å². The number of nitrogens with zero attached hydrogens (tertiary/aromatic N) is 2. The third-order valence-corrected chi connectivity index (χ3v) is 6.94. The predicted molar refractivity (Wildman–Crippen MR) is 140 cm³/mol. The molecule has 1 aliphatic heterocycles. The number of carboxylic acids is 1. The molecular weight excluding hydrogens is 496 g/mol. The number of aliphatic carboxylic acids is 1. The van der Waals surface area contributed by atoms with Crippen molar-refractivity contribution in [2.24, 2.45) is 5.73 Å². The Balaban J connectivity index is 1.75. The van der Waals surface area contributed by atoms with Crippen molar-refractivity contribution < 1.29 is 24.3 Å². The van der Waals surface area contributed by atoms with E-state index in [1.165, 1.54) is 23.0 Å². The maximum atomic E-state index is 13.5. The summed E-state index contributed by atoms with van der Waals surface area (Å²) >= 11 is 1.52. The minimum Gasteiger partial charge on any atom is -0.480 e. The van der Waals surface area contributed by atoms with Crippen LogP contribution in [0.25, 0.3) is 0 Å². The van der Waals surface area contributed by atoms with Crippen molar-refractivity contribution in [1.29, 1.82) is 0 Å². The van der Waals surface area contributed by atoms with E-state index in [0.29, 0.717) is 37.3 Å². The van der Waals surface area contributed by atoms with E-state index in [0.717, 1.165) is 5.56 Å². The van der Waals surface area contributed by atoms with E-state index in [9.17, 15) is 24.3 Å². The Hall–Kier alpha value is -3.38. The van der Waals surface area contributed by atoms with Gasteiger partial charge in [-0.1, -0.05) is 30.3 Å². The molecule has 1 saturated heterocycles. The fourth-order valence-corrected chi connectivity index (χ4v) is 4.79. The first-order valence-corrected chi connectivity index (χ1v) is 13.6. The molecule has 2 aromatic rings. The number of H-pyrrole nitrogens is 1. The van der Waals surface area contributed by atoms with Gasteiger partial charge in [0.2, 0.25) is 17.7 Å². The quantitative estimate of drug-likeness (QED) is 0.246. The van der Waals surface area contributed by atoms with E-state index in [4.69, 9.17) is 5.73 Å². The van der Waals surface area contributed by atoms with Gasteiger partial charge >= 0.3 is 5.97 Å². The van der Waals surface area contributed by atoms with Gasteiger partial charge < -0.3 is 31.4 Å². The van der Waals surface area contributed by atoms with Gasteiger partial charge in [-0.15, -0.1) is 0 Å². The highest BCUT2D eigenvalue weighted by Crippen LogP contribution is 2.20. The average Bonchev–Trinajstić information content (AvgIpc) is 3.58. The van der Waals surface area contributed by atoms with E-state index < -0.39 is 47.9 Å². The number of carboxylic acid groups (broad SMARTS) is 1. The van der Waals surface area contributed by atoms with Crippen LogP contribution in [0.2, 0.25) is 0 Å². The number of imidazole rings is 1.